The predicted octanol–water partition coefficient (Wildman–Crippen LogP) is 3.78. The van der Waals surface area contributed by atoms with E-state index in [4.69, 9.17) is 47.4 Å². The highest BCUT2D eigenvalue weighted by molar-refractivity contribution is 5.68. The number of methoxy groups -OCH3 is 3. The van der Waals surface area contributed by atoms with Gasteiger partial charge in [-0.25, -0.2) is 0 Å². The lowest BCUT2D eigenvalue weighted by Gasteiger charge is -2.46. The van der Waals surface area contributed by atoms with E-state index < -0.39 is 78.5 Å². The smallest absolute Gasteiger partial charge is 0.303 e. The Morgan fingerprint density at radius 3 is 1.98 bits per heavy atom. The van der Waals surface area contributed by atoms with Crippen LogP contribution in [0.15, 0.2) is 71.4 Å². The molecule has 4 rings (SSSR count). The number of hydrogen-bond donors (Lipinski definition) is 0. The number of benzene rings is 1. The summed E-state index contributed by atoms with van der Waals surface area (Å²) in [4.78, 5) is 59.7. The first-order valence-electron chi connectivity index (χ1n) is 17.5. The van der Waals surface area contributed by atoms with Crippen LogP contribution in [0.4, 0.5) is 0 Å². The van der Waals surface area contributed by atoms with Gasteiger partial charge in [0.15, 0.2) is 23.7 Å². The Morgan fingerprint density at radius 2 is 1.36 bits per heavy atom. The topological polar surface area (TPSA) is 178 Å². The van der Waals surface area contributed by atoms with Gasteiger partial charge in [-0.1, -0.05) is 18.2 Å². The molecule has 1 aromatic carbocycles. The third-order valence-corrected chi connectivity index (χ3v) is 8.76. The van der Waals surface area contributed by atoms with Gasteiger partial charge >= 0.3 is 29.8 Å². The van der Waals surface area contributed by atoms with Crippen LogP contribution in [-0.2, 0) is 61.9 Å². The maximum absolute atomic E-state index is 12.2. The molecule has 1 heterocycles. The molecule has 298 valence electrons. The summed E-state index contributed by atoms with van der Waals surface area (Å²) >= 11 is 0. The van der Waals surface area contributed by atoms with E-state index in [9.17, 15) is 24.0 Å². The molecule has 1 saturated heterocycles. The molecule has 0 unspecified atom stereocenters. The van der Waals surface area contributed by atoms with Gasteiger partial charge in [0.2, 0.25) is 0 Å². The summed E-state index contributed by atoms with van der Waals surface area (Å²) in [7, 11) is 4.43. The van der Waals surface area contributed by atoms with Crippen molar-refractivity contribution < 1.29 is 71.3 Å². The number of carbonyl (C=O) groups is 5. The normalized spacial score (nSPS) is 24.9. The lowest BCUT2D eigenvalue weighted by atomic mass is 9.75. The first kappa shape index (κ1) is 42.5. The maximum atomic E-state index is 12.2. The maximum Gasteiger partial charge on any atom is 0.303 e. The summed E-state index contributed by atoms with van der Waals surface area (Å²) in [6, 6.07) is 5.15. The molecule has 0 bridgehead atoms. The Morgan fingerprint density at radius 1 is 0.727 bits per heavy atom. The second-order valence-electron chi connectivity index (χ2n) is 12.8. The number of carbonyl (C=O) groups excluding carboxylic acids is 5. The van der Waals surface area contributed by atoms with E-state index in [-0.39, 0.29) is 25.6 Å². The fourth-order valence-electron chi connectivity index (χ4n) is 6.43. The molecule has 15 heteroatoms. The van der Waals surface area contributed by atoms with Gasteiger partial charge in [0, 0.05) is 54.8 Å². The number of rotatable bonds is 16. The van der Waals surface area contributed by atoms with Crippen LogP contribution in [0.25, 0.3) is 6.08 Å². The molecule has 0 amide bonds. The average molecular weight is 769 g/mol. The Labute approximate surface area is 319 Å². The van der Waals surface area contributed by atoms with Crippen LogP contribution in [0.2, 0.25) is 0 Å². The van der Waals surface area contributed by atoms with E-state index in [2.05, 4.69) is 0 Å². The molecule has 0 spiro atoms. The van der Waals surface area contributed by atoms with E-state index in [1.54, 1.807) is 60.7 Å². The number of fused-ring (bicyclic) bond motifs is 1. The van der Waals surface area contributed by atoms with Crippen molar-refractivity contribution >= 4 is 35.9 Å². The first-order valence-corrected chi connectivity index (χ1v) is 17.5. The SMILES string of the molecule is COc1cc(/C=C/COC(C)=O)ccc1O[C@H](COC(C)=O)[C@@H]1O[C@@H](C2=C[C@@H](OC)[C@H](OC(C)=O)C=C2)[C@@H](COC(C)=O)C2=C[C@H](OC)[C@@H](OC(C)=O)C=C21. The van der Waals surface area contributed by atoms with Crippen LogP contribution in [0.1, 0.15) is 40.2 Å². The molecule has 0 radical (unpaired) electrons. The van der Waals surface area contributed by atoms with Crippen molar-refractivity contribution in [3.05, 3.63) is 76.9 Å². The number of hydrogen-bond acceptors (Lipinski definition) is 15. The zero-order chi connectivity index (χ0) is 40.2. The van der Waals surface area contributed by atoms with Crippen LogP contribution in [0.3, 0.4) is 0 Å². The van der Waals surface area contributed by atoms with Crippen LogP contribution in [0, 0.1) is 5.92 Å². The third kappa shape index (κ3) is 11.6. The highest BCUT2D eigenvalue weighted by Crippen LogP contribution is 2.44. The highest BCUT2D eigenvalue weighted by Gasteiger charge is 2.48. The lowest BCUT2D eigenvalue weighted by Crippen LogP contribution is -2.52. The van der Waals surface area contributed by atoms with E-state index in [1.807, 2.05) is 0 Å². The third-order valence-electron chi connectivity index (χ3n) is 8.76. The second-order valence-corrected chi connectivity index (χ2v) is 12.8. The summed E-state index contributed by atoms with van der Waals surface area (Å²) < 4.78 is 57.9. The standard InChI is InChI=1S/C40H48O15/c1-22(41)49-15-9-10-27-11-13-33(34(16-27)46-6)54-38(21-51-24(3)43)40-30-19-37(53-26(5)45)36(48-8)18-29(30)31(20-50-23(2)42)39(55-40)28-12-14-32(52-25(4)44)35(17-28)47-7/h9-14,16-19,31-32,35-40H,15,20-21H2,1-8H3/b10-9+/t31-,32+,35+,36-,37-,38+,39-,40+/m0/s1. The Hall–Kier alpha value is -5.25. The van der Waals surface area contributed by atoms with Crippen molar-refractivity contribution in [1.29, 1.82) is 0 Å². The van der Waals surface area contributed by atoms with Gasteiger partial charge in [-0.05, 0) is 64.8 Å². The molecule has 1 aliphatic heterocycles. The monoisotopic (exact) mass is 768 g/mol. The minimum Gasteiger partial charge on any atom is -0.493 e. The van der Waals surface area contributed by atoms with Crippen molar-refractivity contribution in [2.75, 3.05) is 41.2 Å². The van der Waals surface area contributed by atoms with Crippen molar-refractivity contribution in [3.8, 4) is 11.5 Å². The Kier molecular flexibility index (Phi) is 15.4. The molecule has 1 aromatic rings. The Balaban J connectivity index is 1.85. The fourth-order valence-corrected chi connectivity index (χ4v) is 6.43. The van der Waals surface area contributed by atoms with Crippen molar-refractivity contribution in [3.63, 3.8) is 0 Å². The van der Waals surface area contributed by atoms with Crippen LogP contribution >= 0.6 is 0 Å². The Bertz CT molecular complexity index is 1740. The molecular formula is C40H48O15. The molecule has 8 atom stereocenters. The summed E-state index contributed by atoms with van der Waals surface area (Å²) in [5, 5.41) is 0. The van der Waals surface area contributed by atoms with Crippen LogP contribution in [-0.4, -0.2) is 114 Å². The molecular weight excluding hydrogens is 720 g/mol. The van der Waals surface area contributed by atoms with E-state index in [0.29, 0.717) is 22.5 Å². The summed E-state index contributed by atoms with van der Waals surface area (Å²) in [6.07, 6.45) is 6.24. The van der Waals surface area contributed by atoms with E-state index in [1.165, 1.54) is 55.9 Å². The van der Waals surface area contributed by atoms with Crippen LogP contribution < -0.4 is 9.47 Å². The summed E-state index contributed by atoms with van der Waals surface area (Å²) in [5.74, 6) is -2.54. The number of esters is 5. The van der Waals surface area contributed by atoms with Gasteiger partial charge < -0.3 is 47.4 Å². The lowest BCUT2D eigenvalue weighted by molar-refractivity contribution is -0.152. The molecule has 0 aromatic heterocycles. The van der Waals surface area contributed by atoms with Crippen molar-refractivity contribution in [1.82, 2.24) is 0 Å². The minimum atomic E-state index is -1.03. The van der Waals surface area contributed by atoms with Gasteiger partial charge in [0.1, 0.15) is 44.2 Å². The molecule has 3 aliphatic rings. The molecule has 0 saturated carbocycles. The fraction of sp³-hybridized carbons (Fsp3) is 0.475. The summed E-state index contributed by atoms with van der Waals surface area (Å²) in [5.41, 5.74) is 2.51. The predicted molar refractivity (Wildman–Crippen MR) is 195 cm³/mol. The van der Waals surface area contributed by atoms with E-state index in [0.717, 1.165) is 5.56 Å². The largest absolute Gasteiger partial charge is 0.493 e. The average Bonchev–Trinajstić information content (AvgIpc) is 3.13. The van der Waals surface area contributed by atoms with Gasteiger partial charge in [-0.2, -0.15) is 0 Å². The molecule has 0 N–H and O–H groups in total. The molecule has 55 heavy (non-hydrogen) atoms. The van der Waals surface area contributed by atoms with Gasteiger partial charge in [-0.3, -0.25) is 24.0 Å². The molecule has 15 nitrogen and oxygen atoms in total. The summed E-state index contributed by atoms with van der Waals surface area (Å²) in [6.45, 7) is 6.16. The van der Waals surface area contributed by atoms with Gasteiger partial charge in [0.05, 0.1) is 13.2 Å². The van der Waals surface area contributed by atoms with Crippen LogP contribution in [0.5, 0.6) is 11.5 Å². The van der Waals surface area contributed by atoms with Crippen molar-refractivity contribution in [2.45, 2.75) is 77.3 Å². The quantitative estimate of drug-likeness (QED) is 0.175. The van der Waals surface area contributed by atoms with Gasteiger partial charge in [-0.15, -0.1) is 0 Å². The van der Waals surface area contributed by atoms with Gasteiger partial charge in [0.25, 0.3) is 0 Å². The van der Waals surface area contributed by atoms with Crippen molar-refractivity contribution in [2.24, 2.45) is 5.92 Å². The first-order chi connectivity index (χ1) is 26.2. The zero-order valence-electron chi connectivity index (χ0n) is 32.1. The number of ether oxygens (including phenoxy) is 10. The highest BCUT2D eigenvalue weighted by atomic mass is 16.6. The zero-order valence-corrected chi connectivity index (χ0v) is 32.1. The molecule has 1 fully saturated rings. The second kappa shape index (κ2) is 19.9. The minimum absolute atomic E-state index is 0.0867. The molecule has 2 aliphatic carbocycles. The van der Waals surface area contributed by atoms with E-state index >= 15 is 0 Å².